The SMILES string of the molecule is CCC(=O)C1CC(c2ccccc2)CCC1=O. The molecule has 2 heteroatoms. The Morgan fingerprint density at radius 2 is 2.00 bits per heavy atom. The highest BCUT2D eigenvalue weighted by molar-refractivity contribution is 6.02. The summed E-state index contributed by atoms with van der Waals surface area (Å²) in [5, 5.41) is 0. The minimum atomic E-state index is -0.348. The van der Waals surface area contributed by atoms with Gasteiger partial charge in [-0.3, -0.25) is 9.59 Å². The molecule has 1 saturated carbocycles. The molecule has 2 atom stereocenters. The summed E-state index contributed by atoms with van der Waals surface area (Å²) in [4.78, 5) is 23.5. The smallest absolute Gasteiger partial charge is 0.143 e. The number of rotatable bonds is 3. The van der Waals surface area contributed by atoms with Gasteiger partial charge in [-0.15, -0.1) is 0 Å². The summed E-state index contributed by atoms with van der Waals surface area (Å²) in [6.45, 7) is 1.84. The number of Topliss-reactive ketones (excluding diaryl/α,β-unsaturated/α-hetero) is 2. The van der Waals surface area contributed by atoms with Gasteiger partial charge in [-0.05, 0) is 24.3 Å². The molecular formula is C15H18O2. The second-order valence-corrected chi connectivity index (χ2v) is 4.72. The van der Waals surface area contributed by atoms with E-state index < -0.39 is 0 Å². The summed E-state index contributed by atoms with van der Waals surface area (Å²) in [6, 6.07) is 10.2. The average Bonchev–Trinajstić information content (AvgIpc) is 2.39. The molecule has 1 aliphatic carbocycles. The van der Waals surface area contributed by atoms with E-state index in [9.17, 15) is 9.59 Å². The van der Waals surface area contributed by atoms with E-state index in [2.05, 4.69) is 12.1 Å². The normalized spacial score (nSPS) is 24.6. The van der Waals surface area contributed by atoms with Crippen LogP contribution in [0.5, 0.6) is 0 Å². The lowest BCUT2D eigenvalue weighted by atomic mass is 9.75. The van der Waals surface area contributed by atoms with Gasteiger partial charge in [0.2, 0.25) is 0 Å². The summed E-state index contributed by atoms with van der Waals surface area (Å²) < 4.78 is 0. The summed E-state index contributed by atoms with van der Waals surface area (Å²) in [5.41, 5.74) is 1.26. The van der Waals surface area contributed by atoms with E-state index in [1.165, 1.54) is 5.56 Å². The van der Waals surface area contributed by atoms with E-state index in [0.29, 0.717) is 25.2 Å². The summed E-state index contributed by atoms with van der Waals surface area (Å²) in [6.07, 6.45) is 2.61. The van der Waals surface area contributed by atoms with Gasteiger partial charge in [0.1, 0.15) is 11.6 Å². The first-order chi connectivity index (χ1) is 8.22. The van der Waals surface area contributed by atoms with Crippen LogP contribution < -0.4 is 0 Å². The van der Waals surface area contributed by atoms with E-state index in [0.717, 1.165) is 6.42 Å². The fraction of sp³-hybridized carbons (Fsp3) is 0.467. The predicted molar refractivity (Wildman–Crippen MR) is 66.8 cm³/mol. The quantitative estimate of drug-likeness (QED) is 0.748. The third-order valence-corrected chi connectivity index (χ3v) is 3.66. The van der Waals surface area contributed by atoms with Gasteiger partial charge in [0, 0.05) is 12.8 Å². The Kier molecular flexibility index (Phi) is 3.72. The maximum Gasteiger partial charge on any atom is 0.143 e. The fourth-order valence-corrected chi connectivity index (χ4v) is 2.61. The van der Waals surface area contributed by atoms with Gasteiger partial charge in [0.25, 0.3) is 0 Å². The van der Waals surface area contributed by atoms with Crippen molar-refractivity contribution in [2.45, 2.75) is 38.5 Å². The van der Waals surface area contributed by atoms with Crippen molar-refractivity contribution in [3.8, 4) is 0 Å². The first kappa shape index (κ1) is 12.0. The van der Waals surface area contributed by atoms with Crippen LogP contribution in [0.25, 0.3) is 0 Å². The van der Waals surface area contributed by atoms with Gasteiger partial charge < -0.3 is 0 Å². The van der Waals surface area contributed by atoms with Crippen molar-refractivity contribution in [2.24, 2.45) is 5.92 Å². The predicted octanol–water partition coefficient (Wildman–Crippen LogP) is 3.12. The van der Waals surface area contributed by atoms with Crippen LogP contribution in [0, 0.1) is 5.92 Å². The standard InChI is InChI=1S/C15H18O2/c1-2-14(16)13-10-12(8-9-15(13)17)11-6-4-3-5-7-11/h3-7,12-13H,2,8-10H2,1H3. The van der Waals surface area contributed by atoms with E-state index >= 15 is 0 Å². The molecule has 0 aliphatic heterocycles. The zero-order valence-electron chi connectivity index (χ0n) is 10.2. The molecule has 2 unspecified atom stereocenters. The molecule has 0 amide bonds. The molecule has 0 aromatic heterocycles. The number of benzene rings is 1. The molecule has 1 aliphatic rings. The summed E-state index contributed by atoms with van der Waals surface area (Å²) in [5.74, 6) is 0.271. The minimum Gasteiger partial charge on any atom is -0.299 e. The molecule has 2 nitrogen and oxygen atoms in total. The monoisotopic (exact) mass is 230 g/mol. The number of hydrogen-bond acceptors (Lipinski definition) is 2. The lowest BCUT2D eigenvalue weighted by molar-refractivity contribution is -0.134. The highest BCUT2D eigenvalue weighted by Crippen LogP contribution is 2.35. The van der Waals surface area contributed by atoms with Gasteiger partial charge in [0.15, 0.2) is 0 Å². The Morgan fingerprint density at radius 1 is 1.29 bits per heavy atom. The molecule has 0 N–H and O–H groups in total. The van der Waals surface area contributed by atoms with Crippen molar-refractivity contribution < 1.29 is 9.59 Å². The summed E-state index contributed by atoms with van der Waals surface area (Å²) >= 11 is 0. The molecule has 17 heavy (non-hydrogen) atoms. The Labute approximate surface area is 102 Å². The van der Waals surface area contributed by atoms with Crippen LogP contribution in [0.15, 0.2) is 30.3 Å². The van der Waals surface area contributed by atoms with Crippen molar-refractivity contribution in [3.63, 3.8) is 0 Å². The second kappa shape index (κ2) is 5.26. The molecule has 0 spiro atoms. The number of hydrogen-bond donors (Lipinski definition) is 0. The van der Waals surface area contributed by atoms with Gasteiger partial charge in [-0.1, -0.05) is 37.3 Å². The van der Waals surface area contributed by atoms with Crippen molar-refractivity contribution in [1.82, 2.24) is 0 Å². The molecule has 0 heterocycles. The van der Waals surface area contributed by atoms with Crippen molar-refractivity contribution >= 4 is 11.6 Å². The Morgan fingerprint density at radius 3 is 2.65 bits per heavy atom. The maximum atomic E-state index is 11.8. The Balaban J connectivity index is 2.13. The van der Waals surface area contributed by atoms with Gasteiger partial charge in [-0.25, -0.2) is 0 Å². The van der Waals surface area contributed by atoms with Crippen molar-refractivity contribution in [1.29, 1.82) is 0 Å². The molecule has 0 radical (unpaired) electrons. The highest BCUT2D eigenvalue weighted by atomic mass is 16.1. The number of ketones is 2. The molecule has 0 bridgehead atoms. The third kappa shape index (κ3) is 2.63. The van der Waals surface area contributed by atoms with Crippen LogP contribution in [0.2, 0.25) is 0 Å². The Bertz CT molecular complexity index is 400. The molecule has 90 valence electrons. The first-order valence-corrected chi connectivity index (χ1v) is 6.32. The molecule has 1 aromatic carbocycles. The van der Waals surface area contributed by atoms with Crippen LogP contribution >= 0.6 is 0 Å². The highest BCUT2D eigenvalue weighted by Gasteiger charge is 2.33. The van der Waals surface area contributed by atoms with Crippen LogP contribution in [-0.4, -0.2) is 11.6 Å². The zero-order chi connectivity index (χ0) is 12.3. The minimum absolute atomic E-state index is 0.107. The van der Waals surface area contributed by atoms with Crippen LogP contribution in [-0.2, 0) is 9.59 Å². The molecular weight excluding hydrogens is 212 g/mol. The molecule has 1 fully saturated rings. The lowest BCUT2D eigenvalue weighted by Crippen LogP contribution is -2.30. The summed E-state index contributed by atoms with van der Waals surface area (Å²) in [7, 11) is 0. The lowest BCUT2D eigenvalue weighted by Gasteiger charge is -2.27. The molecule has 2 rings (SSSR count). The van der Waals surface area contributed by atoms with Crippen molar-refractivity contribution in [2.75, 3.05) is 0 Å². The van der Waals surface area contributed by atoms with Gasteiger partial charge in [0.05, 0.1) is 5.92 Å². The molecule has 1 aromatic rings. The van der Waals surface area contributed by atoms with E-state index in [-0.39, 0.29) is 17.5 Å². The van der Waals surface area contributed by atoms with Crippen LogP contribution in [0.4, 0.5) is 0 Å². The second-order valence-electron chi connectivity index (χ2n) is 4.72. The Hall–Kier alpha value is -1.44. The van der Waals surface area contributed by atoms with E-state index in [4.69, 9.17) is 0 Å². The first-order valence-electron chi connectivity index (χ1n) is 6.32. The molecule has 0 saturated heterocycles. The van der Waals surface area contributed by atoms with E-state index in [1.54, 1.807) is 0 Å². The van der Waals surface area contributed by atoms with Crippen LogP contribution in [0.3, 0.4) is 0 Å². The number of carbonyl (C=O) groups is 2. The largest absolute Gasteiger partial charge is 0.299 e. The zero-order valence-corrected chi connectivity index (χ0v) is 10.2. The van der Waals surface area contributed by atoms with Gasteiger partial charge >= 0.3 is 0 Å². The topological polar surface area (TPSA) is 34.1 Å². The third-order valence-electron chi connectivity index (χ3n) is 3.66. The van der Waals surface area contributed by atoms with E-state index in [1.807, 2.05) is 25.1 Å². The maximum absolute atomic E-state index is 11.8. The van der Waals surface area contributed by atoms with Crippen LogP contribution in [0.1, 0.15) is 44.1 Å². The van der Waals surface area contributed by atoms with Crippen molar-refractivity contribution in [3.05, 3.63) is 35.9 Å². The average molecular weight is 230 g/mol. The number of carbonyl (C=O) groups excluding carboxylic acids is 2. The van der Waals surface area contributed by atoms with Gasteiger partial charge in [-0.2, -0.15) is 0 Å². The fourth-order valence-electron chi connectivity index (χ4n) is 2.61.